The van der Waals surface area contributed by atoms with E-state index >= 15 is 0 Å². The summed E-state index contributed by atoms with van der Waals surface area (Å²) in [5.41, 5.74) is 5.16. The minimum Gasteiger partial charge on any atom is -0.488 e. The highest BCUT2D eigenvalue weighted by atomic mass is 16.5. The summed E-state index contributed by atoms with van der Waals surface area (Å²) in [5.74, 6) is 1.02. The van der Waals surface area contributed by atoms with Crippen molar-refractivity contribution < 1.29 is 4.74 Å². The average Bonchev–Trinajstić information content (AvgIpc) is 2.37. The Morgan fingerprint density at radius 2 is 1.45 bits per heavy atom. The predicted molar refractivity (Wildman–Crippen MR) is 85.4 cm³/mol. The van der Waals surface area contributed by atoms with Gasteiger partial charge in [0, 0.05) is 0 Å². The Balaban J connectivity index is 2.21. The summed E-state index contributed by atoms with van der Waals surface area (Å²) in [7, 11) is 0. The molecule has 0 bridgehead atoms. The Bertz CT molecular complexity index is 553. The first-order valence-electron chi connectivity index (χ1n) is 7.16. The largest absolute Gasteiger partial charge is 0.488 e. The summed E-state index contributed by atoms with van der Waals surface area (Å²) in [5, 5.41) is 0. The van der Waals surface area contributed by atoms with E-state index in [1.807, 2.05) is 18.2 Å². The second-order valence-electron chi connectivity index (χ2n) is 6.46. The van der Waals surface area contributed by atoms with Crippen LogP contribution in [0.1, 0.15) is 43.0 Å². The van der Waals surface area contributed by atoms with Crippen molar-refractivity contribution in [2.45, 2.75) is 46.6 Å². The van der Waals surface area contributed by atoms with Gasteiger partial charge in [-0.3, -0.25) is 0 Å². The molecule has 0 aromatic heterocycles. The van der Waals surface area contributed by atoms with Crippen molar-refractivity contribution in [3.05, 3.63) is 64.7 Å². The van der Waals surface area contributed by atoms with Gasteiger partial charge in [0.25, 0.3) is 0 Å². The number of ether oxygens (including phenoxy) is 1. The third kappa shape index (κ3) is 3.41. The van der Waals surface area contributed by atoms with Gasteiger partial charge in [-0.2, -0.15) is 0 Å². The highest BCUT2D eigenvalue weighted by Gasteiger charge is 2.16. The molecule has 20 heavy (non-hydrogen) atoms. The molecule has 1 heteroatoms. The van der Waals surface area contributed by atoms with Crippen LogP contribution in [0.2, 0.25) is 0 Å². The Hall–Kier alpha value is -1.76. The van der Waals surface area contributed by atoms with E-state index in [0.29, 0.717) is 6.61 Å². The zero-order chi connectivity index (χ0) is 14.8. The van der Waals surface area contributed by atoms with Gasteiger partial charge in [0.1, 0.15) is 12.4 Å². The first kappa shape index (κ1) is 14.6. The topological polar surface area (TPSA) is 9.23 Å². The average molecular weight is 268 g/mol. The molecule has 0 aliphatic carbocycles. The minimum absolute atomic E-state index is 0.174. The molecule has 0 atom stereocenters. The van der Waals surface area contributed by atoms with E-state index in [4.69, 9.17) is 4.74 Å². The molecule has 106 valence electrons. The summed E-state index contributed by atoms with van der Waals surface area (Å²) >= 11 is 0. The SMILES string of the molecule is Cc1cc(C(C)(C)C)cc(C)c1OCc1ccccc1. The highest BCUT2D eigenvalue weighted by molar-refractivity contribution is 5.45. The van der Waals surface area contributed by atoms with Crippen molar-refractivity contribution in [2.75, 3.05) is 0 Å². The lowest BCUT2D eigenvalue weighted by atomic mass is 9.85. The Labute approximate surface area is 122 Å². The zero-order valence-electron chi connectivity index (χ0n) is 13.2. The van der Waals surface area contributed by atoms with E-state index < -0.39 is 0 Å². The van der Waals surface area contributed by atoms with E-state index in [2.05, 4.69) is 58.9 Å². The summed E-state index contributed by atoms with van der Waals surface area (Å²) < 4.78 is 6.02. The van der Waals surface area contributed by atoms with Crippen molar-refractivity contribution in [1.29, 1.82) is 0 Å². The quantitative estimate of drug-likeness (QED) is 0.745. The Morgan fingerprint density at radius 1 is 0.900 bits per heavy atom. The predicted octanol–water partition coefficient (Wildman–Crippen LogP) is 5.18. The summed E-state index contributed by atoms with van der Waals surface area (Å²) in [4.78, 5) is 0. The van der Waals surface area contributed by atoms with Crippen LogP contribution in [0.4, 0.5) is 0 Å². The van der Waals surface area contributed by atoms with Crippen LogP contribution in [-0.4, -0.2) is 0 Å². The van der Waals surface area contributed by atoms with Gasteiger partial charge in [0.05, 0.1) is 0 Å². The van der Waals surface area contributed by atoms with Crippen molar-refractivity contribution in [1.82, 2.24) is 0 Å². The smallest absolute Gasteiger partial charge is 0.125 e. The molecule has 2 aromatic carbocycles. The van der Waals surface area contributed by atoms with Crippen molar-refractivity contribution in [3.63, 3.8) is 0 Å². The van der Waals surface area contributed by atoms with Crippen LogP contribution >= 0.6 is 0 Å². The van der Waals surface area contributed by atoms with Crippen LogP contribution in [0, 0.1) is 13.8 Å². The Kier molecular flexibility index (Phi) is 4.17. The third-order valence-corrected chi connectivity index (χ3v) is 3.55. The van der Waals surface area contributed by atoms with Crippen LogP contribution < -0.4 is 4.74 Å². The molecule has 2 rings (SSSR count). The normalized spacial score (nSPS) is 11.4. The standard InChI is InChI=1S/C19H24O/c1-14-11-17(19(3,4)5)12-15(2)18(14)20-13-16-9-7-6-8-10-16/h6-12H,13H2,1-5H3. The second kappa shape index (κ2) is 5.70. The molecule has 1 nitrogen and oxygen atoms in total. The molecular weight excluding hydrogens is 244 g/mol. The van der Waals surface area contributed by atoms with Crippen LogP contribution in [0.15, 0.2) is 42.5 Å². The number of hydrogen-bond donors (Lipinski definition) is 0. The van der Waals surface area contributed by atoms with Gasteiger partial charge in [0.2, 0.25) is 0 Å². The van der Waals surface area contributed by atoms with Gasteiger partial charge < -0.3 is 4.74 Å². The fourth-order valence-electron chi connectivity index (χ4n) is 2.34. The minimum atomic E-state index is 0.174. The lowest BCUT2D eigenvalue weighted by molar-refractivity contribution is 0.301. The lowest BCUT2D eigenvalue weighted by Gasteiger charge is -2.22. The molecule has 0 spiro atoms. The first-order chi connectivity index (χ1) is 9.38. The van der Waals surface area contributed by atoms with Gasteiger partial charge >= 0.3 is 0 Å². The van der Waals surface area contributed by atoms with E-state index in [9.17, 15) is 0 Å². The Morgan fingerprint density at radius 3 is 1.95 bits per heavy atom. The van der Waals surface area contributed by atoms with Gasteiger partial charge in [-0.15, -0.1) is 0 Å². The maximum Gasteiger partial charge on any atom is 0.125 e. The molecule has 0 saturated carbocycles. The van der Waals surface area contributed by atoms with Crippen molar-refractivity contribution >= 4 is 0 Å². The molecule has 0 unspecified atom stereocenters. The zero-order valence-corrected chi connectivity index (χ0v) is 13.2. The fourth-order valence-corrected chi connectivity index (χ4v) is 2.34. The number of hydrogen-bond acceptors (Lipinski definition) is 1. The summed E-state index contributed by atoms with van der Waals surface area (Å²) in [6, 6.07) is 14.8. The van der Waals surface area contributed by atoms with E-state index in [0.717, 1.165) is 5.75 Å². The number of benzene rings is 2. The molecule has 0 heterocycles. The monoisotopic (exact) mass is 268 g/mol. The fraction of sp³-hybridized carbons (Fsp3) is 0.368. The summed E-state index contributed by atoms with van der Waals surface area (Å²) in [6.45, 7) is 11.6. The molecule has 0 radical (unpaired) electrons. The number of rotatable bonds is 3. The van der Waals surface area contributed by atoms with E-state index in [-0.39, 0.29) is 5.41 Å². The molecule has 0 aliphatic heterocycles. The lowest BCUT2D eigenvalue weighted by Crippen LogP contribution is -2.12. The van der Waals surface area contributed by atoms with Gasteiger partial charge in [-0.25, -0.2) is 0 Å². The molecule has 0 N–H and O–H groups in total. The maximum atomic E-state index is 6.02. The molecule has 0 amide bonds. The second-order valence-corrected chi connectivity index (χ2v) is 6.46. The van der Waals surface area contributed by atoms with Gasteiger partial charge in [-0.05, 0) is 41.5 Å². The molecule has 2 aromatic rings. The molecule has 0 saturated heterocycles. The first-order valence-corrected chi connectivity index (χ1v) is 7.16. The van der Waals surface area contributed by atoms with Crippen LogP contribution in [-0.2, 0) is 12.0 Å². The van der Waals surface area contributed by atoms with Crippen LogP contribution in [0.25, 0.3) is 0 Å². The highest BCUT2D eigenvalue weighted by Crippen LogP contribution is 2.31. The maximum absolute atomic E-state index is 6.02. The number of aryl methyl sites for hydroxylation is 2. The summed E-state index contributed by atoms with van der Waals surface area (Å²) in [6.07, 6.45) is 0. The van der Waals surface area contributed by atoms with Gasteiger partial charge in [0.15, 0.2) is 0 Å². The van der Waals surface area contributed by atoms with Crippen molar-refractivity contribution in [3.8, 4) is 5.75 Å². The third-order valence-electron chi connectivity index (χ3n) is 3.55. The van der Waals surface area contributed by atoms with Crippen LogP contribution in [0.5, 0.6) is 5.75 Å². The van der Waals surface area contributed by atoms with Gasteiger partial charge in [-0.1, -0.05) is 63.2 Å². The molecular formula is C19H24O. The van der Waals surface area contributed by atoms with Crippen LogP contribution in [0.3, 0.4) is 0 Å². The van der Waals surface area contributed by atoms with E-state index in [1.54, 1.807) is 0 Å². The molecule has 0 fully saturated rings. The molecule has 0 aliphatic rings. The van der Waals surface area contributed by atoms with E-state index in [1.165, 1.54) is 22.3 Å². The van der Waals surface area contributed by atoms with Crippen molar-refractivity contribution in [2.24, 2.45) is 0 Å².